The Morgan fingerprint density at radius 2 is 1.45 bits per heavy atom. The highest BCUT2D eigenvalue weighted by Gasteiger charge is 1.99. The van der Waals surface area contributed by atoms with Crippen molar-refractivity contribution in [3.8, 4) is 0 Å². The predicted octanol–water partition coefficient (Wildman–Crippen LogP) is 5.92. The first kappa shape index (κ1) is 20.4. The summed E-state index contributed by atoms with van der Waals surface area (Å²) in [5.41, 5.74) is 4.10. The quantitative estimate of drug-likeness (QED) is 0.350. The van der Waals surface area contributed by atoms with Crippen LogP contribution in [0.15, 0.2) is 47.6 Å². The summed E-state index contributed by atoms with van der Waals surface area (Å²) in [4.78, 5) is 11.3. The lowest BCUT2D eigenvalue weighted by Gasteiger charge is -2.03. The molecule has 0 heterocycles. The van der Waals surface area contributed by atoms with Gasteiger partial charge in [0.1, 0.15) is 6.61 Å². The monoisotopic (exact) mass is 304 g/mol. The summed E-state index contributed by atoms with van der Waals surface area (Å²) in [6.45, 7) is 12.5. The molecule has 0 N–H and O–H groups in total. The standard InChI is InChI=1S/C20H32O2/c1-6-7-14-20(21)22-16-15-19(5)13-9-12-18(4)11-8-10-17(2)3/h6,10,12,15H,1,7-9,11,13-14,16H2,2-5H3/b18-12+,19-15+. The number of allylic oxidation sites excluding steroid dienone is 6. The van der Waals surface area contributed by atoms with E-state index >= 15 is 0 Å². The van der Waals surface area contributed by atoms with Crippen LogP contribution in [0.1, 0.15) is 66.2 Å². The van der Waals surface area contributed by atoms with E-state index in [4.69, 9.17) is 4.74 Å². The number of hydrogen-bond acceptors (Lipinski definition) is 2. The third kappa shape index (κ3) is 13.4. The van der Waals surface area contributed by atoms with Gasteiger partial charge in [-0.1, -0.05) is 34.9 Å². The number of carbonyl (C=O) groups is 1. The average molecular weight is 304 g/mol. The van der Waals surface area contributed by atoms with Gasteiger partial charge in [-0.15, -0.1) is 6.58 Å². The topological polar surface area (TPSA) is 26.3 Å². The van der Waals surface area contributed by atoms with Gasteiger partial charge < -0.3 is 4.74 Å². The molecule has 0 rings (SSSR count). The fourth-order valence-electron chi connectivity index (χ4n) is 1.91. The van der Waals surface area contributed by atoms with Gasteiger partial charge in [0.2, 0.25) is 0 Å². The molecule has 0 saturated heterocycles. The van der Waals surface area contributed by atoms with Crippen molar-refractivity contribution in [2.45, 2.75) is 66.2 Å². The smallest absolute Gasteiger partial charge is 0.306 e. The molecule has 2 heteroatoms. The summed E-state index contributed by atoms with van der Waals surface area (Å²) in [5.74, 6) is -0.154. The Bertz CT molecular complexity index is 421. The second-order valence-corrected chi connectivity index (χ2v) is 5.97. The highest BCUT2D eigenvalue weighted by atomic mass is 16.5. The van der Waals surface area contributed by atoms with E-state index in [9.17, 15) is 4.79 Å². The summed E-state index contributed by atoms with van der Waals surface area (Å²) in [5, 5.41) is 0. The zero-order chi connectivity index (χ0) is 16.8. The predicted molar refractivity (Wildman–Crippen MR) is 95.8 cm³/mol. The minimum atomic E-state index is -0.154. The lowest BCUT2D eigenvalue weighted by Crippen LogP contribution is -2.03. The van der Waals surface area contributed by atoms with E-state index < -0.39 is 0 Å². The first-order chi connectivity index (χ1) is 10.5. The van der Waals surface area contributed by atoms with Crippen LogP contribution in [-0.4, -0.2) is 12.6 Å². The zero-order valence-electron chi connectivity index (χ0n) is 14.8. The van der Waals surface area contributed by atoms with Crippen molar-refractivity contribution in [2.75, 3.05) is 6.61 Å². The van der Waals surface area contributed by atoms with Gasteiger partial charge in [-0.25, -0.2) is 0 Å². The molecule has 0 amide bonds. The van der Waals surface area contributed by atoms with Gasteiger partial charge in [0.15, 0.2) is 0 Å². The van der Waals surface area contributed by atoms with Gasteiger partial charge in [-0.2, -0.15) is 0 Å². The van der Waals surface area contributed by atoms with E-state index in [1.807, 2.05) is 6.08 Å². The van der Waals surface area contributed by atoms with E-state index in [1.54, 1.807) is 6.08 Å². The number of rotatable bonds is 11. The molecular weight excluding hydrogens is 272 g/mol. The molecule has 2 nitrogen and oxygen atoms in total. The van der Waals surface area contributed by atoms with Crippen molar-refractivity contribution in [3.05, 3.63) is 47.6 Å². The Balaban J connectivity index is 3.89. The number of ether oxygens (including phenoxy) is 1. The fraction of sp³-hybridized carbons (Fsp3) is 0.550. The van der Waals surface area contributed by atoms with Crippen LogP contribution in [0, 0.1) is 0 Å². The Hall–Kier alpha value is -1.57. The molecule has 22 heavy (non-hydrogen) atoms. The molecular formula is C20H32O2. The molecule has 0 aliphatic heterocycles. The van der Waals surface area contributed by atoms with Crippen LogP contribution in [0.2, 0.25) is 0 Å². The Kier molecular flexibility index (Phi) is 12.2. The molecule has 0 aliphatic rings. The molecule has 0 atom stereocenters. The van der Waals surface area contributed by atoms with Crippen molar-refractivity contribution in [1.29, 1.82) is 0 Å². The van der Waals surface area contributed by atoms with Gasteiger partial charge in [0.05, 0.1) is 0 Å². The first-order valence-electron chi connectivity index (χ1n) is 8.16. The second kappa shape index (κ2) is 13.1. The van der Waals surface area contributed by atoms with Crippen molar-refractivity contribution in [2.24, 2.45) is 0 Å². The van der Waals surface area contributed by atoms with Crippen LogP contribution >= 0.6 is 0 Å². The molecule has 0 unspecified atom stereocenters. The van der Waals surface area contributed by atoms with Crippen molar-refractivity contribution >= 4 is 5.97 Å². The van der Waals surface area contributed by atoms with Crippen LogP contribution in [-0.2, 0) is 9.53 Å². The molecule has 0 aromatic heterocycles. The van der Waals surface area contributed by atoms with Gasteiger partial charge in [-0.05, 0) is 65.9 Å². The maximum absolute atomic E-state index is 11.3. The summed E-state index contributed by atoms with van der Waals surface area (Å²) >= 11 is 0. The van der Waals surface area contributed by atoms with Crippen molar-refractivity contribution < 1.29 is 9.53 Å². The zero-order valence-corrected chi connectivity index (χ0v) is 14.8. The minimum absolute atomic E-state index is 0.154. The van der Waals surface area contributed by atoms with E-state index in [1.165, 1.54) is 16.7 Å². The Labute approximate surface area is 136 Å². The largest absolute Gasteiger partial charge is 0.461 e. The summed E-state index contributed by atoms with van der Waals surface area (Å²) in [6.07, 6.45) is 13.7. The average Bonchev–Trinajstić information content (AvgIpc) is 2.44. The van der Waals surface area contributed by atoms with Crippen LogP contribution in [0.4, 0.5) is 0 Å². The minimum Gasteiger partial charge on any atom is -0.461 e. The molecule has 0 saturated carbocycles. The normalized spacial score (nSPS) is 12.0. The third-order valence-electron chi connectivity index (χ3n) is 3.35. The Morgan fingerprint density at radius 1 is 0.864 bits per heavy atom. The fourth-order valence-corrected chi connectivity index (χ4v) is 1.91. The Morgan fingerprint density at radius 3 is 2.05 bits per heavy atom. The van der Waals surface area contributed by atoms with Crippen molar-refractivity contribution in [3.63, 3.8) is 0 Å². The van der Waals surface area contributed by atoms with E-state index in [0.29, 0.717) is 19.4 Å². The highest BCUT2D eigenvalue weighted by Crippen LogP contribution is 2.11. The van der Waals surface area contributed by atoms with E-state index in [0.717, 1.165) is 25.7 Å². The molecule has 124 valence electrons. The molecule has 0 bridgehead atoms. The van der Waals surface area contributed by atoms with Gasteiger partial charge in [-0.3, -0.25) is 4.79 Å². The summed E-state index contributed by atoms with van der Waals surface area (Å²) in [7, 11) is 0. The lowest BCUT2D eigenvalue weighted by atomic mass is 10.1. The maximum Gasteiger partial charge on any atom is 0.306 e. The van der Waals surface area contributed by atoms with E-state index in [2.05, 4.69) is 46.4 Å². The van der Waals surface area contributed by atoms with Crippen LogP contribution in [0.25, 0.3) is 0 Å². The lowest BCUT2D eigenvalue weighted by molar-refractivity contribution is -0.142. The third-order valence-corrected chi connectivity index (χ3v) is 3.35. The molecule has 0 aromatic rings. The highest BCUT2D eigenvalue weighted by molar-refractivity contribution is 5.69. The van der Waals surface area contributed by atoms with Gasteiger partial charge in [0.25, 0.3) is 0 Å². The van der Waals surface area contributed by atoms with Crippen LogP contribution < -0.4 is 0 Å². The summed E-state index contributed by atoms with van der Waals surface area (Å²) in [6, 6.07) is 0. The number of esters is 1. The molecule has 0 spiro atoms. The first-order valence-corrected chi connectivity index (χ1v) is 8.16. The maximum atomic E-state index is 11.3. The molecule has 0 aliphatic carbocycles. The SMILES string of the molecule is C=CCCC(=O)OC/C=C(\C)CC/C=C(\C)CCC=C(C)C. The van der Waals surface area contributed by atoms with Crippen LogP contribution in [0.3, 0.4) is 0 Å². The van der Waals surface area contributed by atoms with Gasteiger partial charge >= 0.3 is 5.97 Å². The molecule has 0 aromatic carbocycles. The van der Waals surface area contributed by atoms with Crippen LogP contribution in [0.5, 0.6) is 0 Å². The number of carbonyl (C=O) groups excluding carboxylic acids is 1. The van der Waals surface area contributed by atoms with Gasteiger partial charge in [0, 0.05) is 6.42 Å². The number of hydrogen-bond donors (Lipinski definition) is 0. The van der Waals surface area contributed by atoms with Crippen molar-refractivity contribution in [1.82, 2.24) is 0 Å². The van der Waals surface area contributed by atoms with E-state index in [-0.39, 0.29) is 5.97 Å². The second-order valence-electron chi connectivity index (χ2n) is 5.97. The molecule has 0 radical (unpaired) electrons. The summed E-state index contributed by atoms with van der Waals surface area (Å²) < 4.78 is 5.13. The molecule has 0 fully saturated rings.